The molecule has 0 saturated heterocycles. The van der Waals surface area contributed by atoms with E-state index >= 15 is 0 Å². The first-order valence-corrected chi connectivity index (χ1v) is 9.64. The molecular formula is C21H19Cl2N3O3. The van der Waals surface area contributed by atoms with Gasteiger partial charge in [-0.1, -0.05) is 36.5 Å². The average Bonchev–Trinajstić information content (AvgIpc) is 2.66. The molecule has 2 aromatic carbocycles. The lowest BCUT2D eigenvalue weighted by Crippen LogP contribution is -2.05. The Morgan fingerprint density at radius 3 is 2.55 bits per heavy atom. The maximum absolute atomic E-state index is 11.4. The molecule has 0 spiro atoms. The summed E-state index contributed by atoms with van der Waals surface area (Å²) in [5, 5.41) is 23.8. The Bertz CT molecular complexity index is 1080. The third-order valence-electron chi connectivity index (χ3n) is 4.31. The summed E-state index contributed by atoms with van der Waals surface area (Å²) in [6.07, 6.45) is 5.45. The lowest BCUT2D eigenvalue weighted by molar-refractivity contribution is -0.110. The monoisotopic (exact) mass is 431 g/mol. The number of phenolic OH excluding ortho intramolecular Hbond substituents is 2. The Balaban J connectivity index is 2.11. The van der Waals surface area contributed by atoms with E-state index in [1.54, 1.807) is 12.1 Å². The summed E-state index contributed by atoms with van der Waals surface area (Å²) in [6.45, 7) is 1.97. The summed E-state index contributed by atoms with van der Waals surface area (Å²) in [6, 6.07) is 6.04. The SMILES string of the molecule is CCCc1c(N)c(N=C2C=CC(=O)C=C2Cl)cc(Nc2ccc(O)cc2Cl)c1O. The molecular weight excluding hydrogens is 413 g/mol. The first-order chi connectivity index (χ1) is 13.8. The molecule has 1 aliphatic rings. The number of aromatic hydroxyl groups is 2. The molecule has 0 bridgehead atoms. The van der Waals surface area contributed by atoms with Crippen molar-refractivity contribution >= 4 is 57.4 Å². The number of allylic oxidation sites excluding steroid dienone is 4. The van der Waals surface area contributed by atoms with E-state index in [9.17, 15) is 15.0 Å². The summed E-state index contributed by atoms with van der Waals surface area (Å²) >= 11 is 12.3. The van der Waals surface area contributed by atoms with Gasteiger partial charge < -0.3 is 21.3 Å². The van der Waals surface area contributed by atoms with Crippen molar-refractivity contribution < 1.29 is 15.0 Å². The number of nitrogens with zero attached hydrogens (tertiary/aromatic N) is 1. The second-order valence-corrected chi connectivity index (χ2v) is 7.26. The maximum atomic E-state index is 11.4. The number of carbonyl (C=O) groups is 1. The third-order valence-corrected chi connectivity index (χ3v) is 4.92. The molecule has 29 heavy (non-hydrogen) atoms. The predicted molar refractivity (Wildman–Crippen MR) is 118 cm³/mol. The molecule has 0 amide bonds. The van der Waals surface area contributed by atoms with E-state index in [0.29, 0.717) is 40.4 Å². The quantitative estimate of drug-likeness (QED) is 0.220. The largest absolute Gasteiger partial charge is 0.508 e. The van der Waals surface area contributed by atoms with Crippen molar-refractivity contribution in [2.24, 2.45) is 4.99 Å². The number of halogens is 2. The minimum atomic E-state index is -0.219. The number of nitrogens with one attached hydrogen (secondary N) is 1. The van der Waals surface area contributed by atoms with Gasteiger partial charge in [0.1, 0.15) is 11.5 Å². The van der Waals surface area contributed by atoms with E-state index in [-0.39, 0.29) is 27.3 Å². The minimum Gasteiger partial charge on any atom is -0.508 e. The number of aliphatic imine (C=N–C) groups is 1. The van der Waals surface area contributed by atoms with E-state index < -0.39 is 0 Å². The number of hydrogen-bond acceptors (Lipinski definition) is 6. The second kappa shape index (κ2) is 8.59. The fourth-order valence-electron chi connectivity index (χ4n) is 2.88. The zero-order chi connectivity index (χ0) is 21.1. The van der Waals surface area contributed by atoms with Gasteiger partial charge in [0.25, 0.3) is 0 Å². The van der Waals surface area contributed by atoms with E-state index in [0.717, 1.165) is 6.42 Å². The van der Waals surface area contributed by atoms with Crippen LogP contribution in [0.5, 0.6) is 11.5 Å². The summed E-state index contributed by atoms with van der Waals surface area (Å²) in [7, 11) is 0. The van der Waals surface area contributed by atoms with Gasteiger partial charge in [-0.2, -0.15) is 0 Å². The number of nitrogens with two attached hydrogens (primary N) is 1. The molecule has 6 nitrogen and oxygen atoms in total. The lowest BCUT2D eigenvalue weighted by Gasteiger charge is -2.17. The highest BCUT2D eigenvalue weighted by molar-refractivity contribution is 6.48. The summed E-state index contributed by atoms with van der Waals surface area (Å²) in [4.78, 5) is 15.9. The van der Waals surface area contributed by atoms with Crippen molar-refractivity contribution in [1.82, 2.24) is 0 Å². The number of hydrogen-bond donors (Lipinski definition) is 4. The average molecular weight is 432 g/mol. The Hall–Kier alpha value is -2.96. The maximum Gasteiger partial charge on any atom is 0.180 e. The molecule has 0 unspecified atom stereocenters. The second-order valence-electron chi connectivity index (χ2n) is 6.45. The van der Waals surface area contributed by atoms with E-state index in [2.05, 4.69) is 10.3 Å². The molecule has 3 rings (SSSR count). The Morgan fingerprint density at radius 2 is 1.90 bits per heavy atom. The fraction of sp³-hybridized carbons (Fsp3) is 0.143. The van der Waals surface area contributed by atoms with Crippen LogP contribution >= 0.6 is 23.2 Å². The van der Waals surface area contributed by atoms with Crippen LogP contribution < -0.4 is 11.1 Å². The topological polar surface area (TPSA) is 108 Å². The van der Waals surface area contributed by atoms with Gasteiger partial charge in [-0.05, 0) is 36.8 Å². The van der Waals surface area contributed by atoms with Crippen LogP contribution in [0, 0.1) is 0 Å². The number of ketones is 1. The number of anilines is 3. The zero-order valence-electron chi connectivity index (χ0n) is 15.5. The minimum absolute atomic E-state index is 0.00607. The lowest BCUT2D eigenvalue weighted by atomic mass is 10.0. The van der Waals surface area contributed by atoms with Crippen LogP contribution in [0.25, 0.3) is 0 Å². The van der Waals surface area contributed by atoms with E-state index in [1.807, 2.05) is 6.92 Å². The van der Waals surface area contributed by atoms with Crippen molar-refractivity contribution in [2.45, 2.75) is 19.8 Å². The Kier molecular flexibility index (Phi) is 6.15. The van der Waals surface area contributed by atoms with Crippen LogP contribution in [0.3, 0.4) is 0 Å². The molecule has 0 atom stereocenters. The van der Waals surface area contributed by atoms with Crippen molar-refractivity contribution in [3.63, 3.8) is 0 Å². The van der Waals surface area contributed by atoms with E-state index in [4.69, 9.17) is 28.9 Å². The molecule has 0 aliphatic heterocycles. The van der Waals surface area contributed by atoms with Gasteiger partial charge in [-0.25, -0.2) is 4.99 Å². The fourth-order valence-corrected chi connectivity index (χ4v) is 3.31. The van der Waals surface area contributed by atoms with Crippen LogP contribution in [0.4, 0.5) is 22.7 Å². The van der Waals surface area contributed by atoms with Gasteiger partial charge in [0.05, 0.1) is 38.5 Å². The molecule has 0 fully saturated rings. The predicted octanol–water partition coefficient (Wildman–Crippen LogP) is 5.36. The highest BCUT2D eigenvalue weighted by Crippen LogP contribution is 2.42. The smallest absolute Gasteiger partial charge is 0.180 e. The van der Waals surface area contributed by atoms with Crippen molar-refractivity contribution in [2.75, 3.05) is 11.1 Å². The van der Waals surface area contributed by atoms with Gasteiger partial charge in [-0.15, -0.1) is 0 Å². The molecule has 5 N–H and O–H groups in total. The number of benzene rings is 2. The first-order valence-electron chi connectivity index (χ1n) is 8.88. The standard InChI is InChI=1S/C21H19Cl2N3O3/c1-2-3-13-20(24)18(25-16-6-4-11(27)8-14(16)22)10-19(21(13)29)26-17-7-5-12(28)9-15(17)23/h4-10,26,28-29H,2-3,24H2,1H3. The highest BCUT2D eigenvalue weighted by Gasteiger charge is 2.18. The van der Waals surface area contributed by atoms with Crippen LogP contribution in [-0.4, -0.2) is 21.7 Å². The van der Waals surface area contributed by atoms with E-state index in [1.165, 1.54) is 30.4 Å². The molecule has 0 radical (unpaired) electrons. The zero-order valence-corrected chi connectivity index (χ0v) is 17.1. The summed E-state index contributed by atoms with van der Waals surface area (Å²) in [5.41, 5.74) is 8.76. The third kappa shape index (κ3) is 4.55. The van der Waals surface area contributed by atoms with Gasteiger partial charge in [-0.3, -0.25) is 4.79 Å². The van der Waals surface area contributed by atoms with Gasteiger partial charge in [0.2, 0.25) is 0 Å². The van der Waals surface area contributed by atoms with Crippen LogP contribution in [0.1, 0.15) is 18.9 Å². The van der Waals surface area contributed by atoms with Crippen molar-refractivity contribution in [1.29, 1.82) is 0 Å². The number of rotatable bonds is 5. The summed E-state index contributed by atoms with van der Waals surface area (Å²) in [5.74, 6) is -0.196. The number of carbonyl (C=O) groups excluding carboxylic acids is 1. The van der Waals surface area contributed by atoms with Gasteiger partial charge >= 0.3 is 0 Å². The van der Waals surface area contributed by atoms with Crippen molar-refractivity contribution in [3.05, 3.63) is 58.1 Å². The van der Waals surface area contributed by atoms with Crippen molar-refractivity contribution in [3.8, 4) is 11.5 Å². The molecule has 2 aromatic rings. The Labute approximate surface area is 178 Å². The highest BCUT2D eigenvalue weighted by atomic mass is 35.5. The van der Waals surface area contributed by atoms with Crippen LogP contribution in [0.2, 0.25) is 5.02 Å². The van der Waals surface area contributed by atoms with Gasteiger partial charge in [0.15, 0.2) is 5.78 Å². The number of nitrogen functional groups attached to an aromatic ring is 1. The molecule has 150 valence electrons. The van der Waals surface area contributed by atoms with Gasteiger partial charge in [0, 0.05) is 17.7 Å². The normalized spacial score (nSPS) is 14.9. The number of phenols is 2. The first kappa shape index (κ1) is 20.8. The molecule has 0 aromatic heterocycles. The van der Waals surface area contributed by atoms with Crippen LogP contribution in [-0.2, 0) is 11.2 Å². The molecule has 1 aliphatic carbocycles. The Morgan fingerprint density at radius 1 is 1.14 bits per heavy atom. The molecule has 0 heterocycles. The van der Waals surface area contributed by atoms with Crippen LogP contribution in [0.15, 0.2) is 52.5 Å². The summed E-state index contributed by atoms with van der Waals surface area (Å²) < 4.78 is 0. The molecule has 0 saturated carbocycles. The molecule has 8 heteroatoms.